The van der Waals surface area contributed by atoms with Crippen molar-refractivity contribution in [2.45, 2.75) is 20.8 Å². The number of carbonyl (C=O) groups excluding carboxylic acids is 1. The SMILES string of the molecule is CC(=O)C1(C)C=C1C. The molecule has 0 bridgehead atoms. The lowest BCUT2D eigenvalue weighted by Crippen LogP contribution is -2.09. The molecule has 0 saturated carbocycles. The van der Waals surface area contributed by atoms with Crippen molar-refractivity contribution in [2.75, 3.05) is 0 Å². The molecule has 0 aliphatic heterocycles. The van der Waals surface area contributed by atoms with Crippen LogP contribution < -0.4 is 0 Å². The third kappa shape index (κ3) is 0.507. The van der Waals surface area contributed by atoms with E-state index in [2.05, 4.69) is 0 Å². The number of allylic oxidation sites excluding steroid dienone is 2. The number of hydrogen-bond donors (Lipinski definition) is 0. The van der Waals surface area contributed by atoms with Crippen molar-refractivity contribution in [3.05, 3.63) is 11.6 Å². The highest BCUT2D eigenvalue weighted by atomic mass is 16.1. The first-order valence-electron chi connectivity index (χ1n) is 2.78. The smallest absolute Gasteiger partial charge is 0.143 e. The number of hydrogen-bond acceptors (Lipinski definition) is 1. The van der Waals surface area contributed by atoms with Gasteiger partial charge < -0.3 is 0 Å². The molecule has 0 radical (unpaired) electrons. The van der Waals surface area contributed by atoms with E-state index in [9.17, 15) is 4.79 Å². The van der Waals surface area contributed by atoms with Crippen LogP contribution in [0.3, 0.4) is 0 Å². The second-order valence-electron chi connectivity index (χ2n) is 2.59. The van der Waals surface area contributed by atoms with Crippen LogP contribution in [-0.2, 0) is 4.79 Å². The Labute approximate surface area is 49.4 Å². The largest absolute Gasteiger partial charge is 0.299 e. The molecule has 44 valence electrons. The van der Waals surface area contributed by atoms with Gasteiger partial charge in [0, 0.05) is 0 Å². The minimum Gasteiger partial charge on any atom is -0.299 e. The van der Waals surface area contributed by atoms with Gasteiger partial charge in [-0.15, -0.1) is 0 Å². The highest BCUT2D eigenvalue weighted by molar-refractivity contribution is 5.92. The predicted octanol–water partition coefficient (Wildman–Crippen LogP) is 1.54. The van der Waals surface area contributed by atoms with Crippen molar-refractivity contribution in [1.29, 1.82) is 0 Å². The molecule has 1 heteroatoms. The fourth-order valence-electron chi connectivity index (χ4n) is 0.776. The van der Waals surface area contributed by atoms with Crippen LogP contribution in [-0.4, -0.2) is 5.78 Å². The number of rotatable bonds is 1. The summed E-state index contributed by atoms with van der Waals surface area (Å²) in [6.45, 7) is 5.57. The lowest BCUT2D eigenvalue weighted by molar-refractivity contribution is -0.120. The normalized spacial score (nSPS) is 34.1. The van der Waals surface area contributed by atoms with Crippen LogP contribution >= 0.6 is 0 Å². The lowest BCUT2D eigenvalue weighted by Gasteiger charge is -2.02. The number of ketones is 1. The first-order chi connectivity index (χ1) is 3.57. The second kappa shape index (κ2) is 1.22. The van der Waals surface area contributed by atoms with Crippen LogP contribution in [0.5, 0.6) is 0 Å². The highest BCUT2D eigenvalue weighted by Gasteiger charge is 2.39. The summed E-state index contributed by atoms with van der Waals surface area (Å²) >= 11 is 0. The molecule has 0 fully saturated rings. The molecule has 0 aromatic rings. The van der Waals surface area contributed by atoms with Gasteiger partial charge in [-0.25, -0.2) is 0 Å². The summed E-state index contributed by atoms with van der Waals surface area (Å²) in [7, 11) is 0. The Morgan fingerprint density at radius 2 is 2.12 bits per heavy atom. The lowest BCUT2D eigenvalue weighted by atomic mass is 9.99. The monoisotopic (exact) mass is 110 g/mol. The Hall–Kier alpha value is -0.590. The molecular weight excluding hydrogens is 100 g/mol. The molecule has 0 amide bonds. The summed E-state index contributed by atoms with van der Waals surface area (Å²) in [6.07, 6.45) is 2.00. The molecule has 1 aliphatic rings. The van der Waals surface area contributed by atoms with Crippen LogP contribution in [0.25, 0.3) is 0 Å². The Kier molecular flexibility index (Phi) is 0.844. The Balaban J connectivity index is 2.64. The Morgan fingerprint density at radius 3 is 2.12 bits per heavy atom. The first kappa shape index (κ1) is 5.54. The Bertz CT molecular complexity index is 167. The summed E-state index contributed by atoms with van der Waals surface area (Å²) in [6, 6.07) is 0. The predicted molar refractivity (Wildman–Crippen MR) is 32.5 cm³/mol. The third-order valence-electron chi connectivity index (χ3n) is 1.97. The van der Waals surface area contributed by atoms with E-state index in [1.54, 1.807) is 6.92 Å². The van der Waals surface area contributed by atoms with Gasteiger partial charge in [0.15, 0.2) is 0 Å². The van der Waals surface area contributed by atoms with Crippen LogP contribution in [0.15, 0.2) is 11.6 Å². The average Bonchev–Trinajstić information content (AvgIpc) is 2.17. The van der Waals surface area contributed by atoms with Crippen LogP contribution in [0.4, 0.5) is 0 Å². The molecule has 8 heavy (non-hydrogen) atoms. The maximum atomic E-state index is 10.7. The molecule has 1 aliphatic carbocycles. The summed E-state index contributed by atoms with van der Waals surface area (Å²) < 4.78 is 0. The summed E-state index contributed by atoms with van der Waals surface area (Å²) in [5, 5.41) is 0. The van der Waals surface area contributed by atoms with Crippen molar-refractivity contribution in [1.82, 2.24) is 0 Å². The fraction of sp³-hybridized carbons (Fsp3) is 0.571. The Morgan fingerprint density at radius 1 is 1.75 bits per heavy atom. The van der Waals surface area contributed by atoms with Crippen LogP contribution in [0.1, 0.15) is 20.8 Å². The maximum Gasteiger partial charge on any atom is 0.143 e. The van der Waals surface area contributed by atoms with Gasteiger partial charge in [-0.2, -0.15) is 0 Å². The van der Waals surface area contributed by atoms with Gasteiger partial charge in [0.05, 0.1) is 5.41 Å². The zero-order chi connectivity index (χ0) is 6.36. The molecule has 0 aromatic carbocycles. The van der Waals surface area contributed by atoms with Gasteiger partial charge in [0.1, 0.15) is 5.78 Å². The third-order valence-corrected chi connectivity index (χ3v) is 1.97. The van der Waals surface area contributed by atoms with Crippen LogP contribution in [0, 0.1) is 5.41 Å². The quantitative estimate of drug-likeness (QED) is 0.468. The maximum absolute atomic E-state index is 10.7. The van der Waals surface area contributed by atoms with Gasteiger partial charge in [-0.05, 0) is 20.8 Å². The highest BCUT2D eigenvalue weighted by Crippen LogP contribution is 2.43. The van der Waals surface area contributed by atoms with Gasteiger partial charge in [0.2, 0.25) is 0 Å². The van der Waals surface area contributed by atoms with Crippen molar-refractivity contribution < 1.29 is 4.79 Å². The average molecular weight is 110 g/mol. The van der Waals surface area contributed by atoms with E-state index in [1.807, 2.05) is 19.9 Å². The first-order valence-corrected chi connectivity index (χ1v) is 2.78. The van der Waals surface area contributed by atoms with Crippen molar-refractivity contribution in [3.8, 4) is 0 Å². The van der Waals surface area contributed by atoms with E-state index in [-0.39, 0.29) is 11.2 Å². The number of Topliss-reactive ketones (excluding diaryl/α,β-unsaturated/α-hetero) is 1. The van der Waals surface area contributed by atoms with E-state index in [0.29, 0.717) is 0 Å². The second-order valence-corrected chi connectivity index (χ2v) is 2.59. The molecule has 0 N–H and O–H groups in total. The zero-order valence-corrected chi connectivity index (χ0v) is 5.49. The fourth-order valence-corrected chi connectivity index (χ4v) is 0.776. The zero-order valence-electron chi connectivity index (χ0n) is 5.49. The van der Waals surface area contributed by atoms with Gasteiger partial charge in [0.25, 0.3) is 0 Å². The van der Waals surface area contributed by atoms with Crippen molar-refractivity contribution >= 4 is 5.78 Å². The summed E-state index contributed by atoms with van der Waals surface area (Å²) in [4.78, 5) is 10.7. The van der Waals surface area contributed by atoms with E-state index in [4.69, 9.17) is 0 Å². The van der Waals surface area contributed by atoms with Gasteiger partial charge >= 0.3 is 0 Å². The summed E-state index contributed by atoms with van der Waals surface area (Å²) in [5.74, 6) is 0.259. The van der Waals surface area contributed by atoms with Crippen LogP contribution in [0.2, 0.25) is 0 Å². The minimum absolute atomic E-state index is 0.139. The molecular formula is C7H10O. The molecule has 1 nitrogen and oxygen atoms in total. The molecule has 0 aromatic heterocycles. The van der Waals surface area contributed by atoms with Gasteiger partial charge in [-0.1, -0.05) is 11.6 Å². The van der Waals surface area contributed by atoms with E-state index in [0.717, 1.165) is 0 Å². The standard InChI is InChI=1S/C7H10O/c1-5-4-7(5,3)6(2)8/h4H,1-3H3. The van der Waals surface area contributed by atoms with E-state index in [1.165, 1.54) is 5.57 Å². The topological polar surface area (TPSA) is 17.1 Å². The molecule has 1 atom stereocenters. The van der Waals surface area contributed by atoms with Crippen molar-refractivity contribution in [3.63, 3.8) is 0 Å². The molecule has 0 heterocycles. The summed E-state index contributed by atoms with van der Waals surface area (Å²) in [5.41, 5.74) is 1.07. The van der Waals surface area contributed by atoms with Crippen molar-refractivity contribution in [2.24, 2.45) is 5.41 Å². The molecule has 1 rings (SSSR count). The van der Waals surface area contributed by atoms with E-state index < -0.39 is 0 Å². The minimum atomic E-state index is -0.139. The number of carbonyl (C=O) groups is 1. The molecule has 0 saturated heterocycles. The van der Waals surface area contributed by atoms with E-state index >= 15 is 0 Å². The van der Waals surface area contributed by atoms with Gasteiger partial charge in [-0.3, -0.25) is 4.79 Å². The molecule has 1 unspecified atom stereocenters. The molecule has 0 spiro atoms.